The van der Waals surface area contributed by atoms with Crippen LogP contribution in [0.25, 0.3) is 0 Å². The minimum atomic E-state index is -1.17. The molecule has 1 heterocycles. The molecule has 0 unspecified atom stereocenters. The van der Waals surface area contributed by atoms with Gasteiger partial charge in [-0.1, -0.05) is 30.3 Å². The van der Waals surface area contributed by atoms with Crippen LogP contribution >= 0.6 is 0 Å². The highest BCUT2D eigenvalue weighted by Gasteiger charge is 2.12. The number of carbonyl (C=O) groups excluding carboxylic acids is 1. The third-order valence-electron chi connectivity index (χ3n) is 3.07. The van der Waals surface area contributed by atoms with E-state index in [2.05, 4.69) is 15.6 Å². The van der Waals surface area contributed by atoms with Crippen molar-refractivity contribution >= 4 is 17.6 Å². The fourth-order valence-electron chi connectivity index (χ4n) is 2.00. The Kier molecular flexibility index (Phi) is 4.32. The number of carboxylic acid groups (broad SMARTS) is 1. The van der Waals surface area contributed by atoms with E-state index in [9.17, 15) is 9.59 Å². The Bertz CT molecular complexity index is 679. The summed E-state index contributed by atoms with van der Waals surface area (Å²) in [5, 5.41) is 18.7. The third kappa shape index (κ3) is 3.44. The molecule has 0 fully saturated rings. The molecule has 0 saturated carbocycles. The molecule has 7 heteroatoms. The normalized spacial score (nSPS) is 10.4. The van der Waals surface area contributed by atoms with Gasteiger partial charge in [0.15, 0.2) is 5.69 Å². The Balaban J connectivity index is 2.09. The van der Waals surface area contributed by atoms with Crippen molar-refractivity contribution in [3.63, 3.8) is 0 Å². The molecule has 1 aromatic heterocycles. The Morgan fingerprint density at radius 2 is 2.14 bits per heavy atom. The molecular weight excluding hydrogens is 272 g/mol. The SMILES string of the molecule is CCc1cccc(C)c1NC(=O)Cn1cc(C(=O)O)nn1. The highest BCUT2D eigenvalue weighted by atomic mass is 16.4. The van der Waals surface area contributed by atoms with Gasteiger partial charge in [0.1, 0.15) is 6.54 Å². The Hall–Kier alpha value is -2.70. The standard InChI is InChI=1S/C14H16N4O3/c1-3-10-6-4-5-9(2)13(10)15-12(19)8-18-7-11(14(20)21)16-17-18/h4-7H,3,8H2,1-2H3,(H,15,19)(H,20,21). The molecule has 0 atom stereocenters. The number of aromatic nitrogens is 3. The average Bonchev–Trinajstić information content (AvgIpc) is 2.89. The van der Waals surface area contributed by atoms with E-state index in [4.69, 9.17) is 5.11 Å². The minimum Gasteiger partial charge on any atom is -0.476 e. The van der Waals surface area contributed by atoms with Crippen molar-refractivity contribution in [3.8, 4) is 0 Å². The van der Waals surface area contributed by atoms with Gasteiger partial charge in [-0.3, -0.25) is 4.79 Å². The first-order chi connectivity index (χ1) is 10.0. The Labute approximate surface area is 121 Å². The Morgan fingerprint density at radius 3 is 2.76 bits per heavy atom. The first-order valence-corrected chi connectivity index (χ1v) is 6.53. The Morgan fingerprint density at radius 1 is 1.38 bits per heavy atom. The number of benzene rings is 1. The molecule has 110 valence electrons. The molecule has 0 aliphatic rings. The molecule has 2 rings (SSSR count). The molecule has 7 nitrogen and oxygen atoms in total. The molecule has 0 saturated heterocycles. The van der Waals surface area contributed by atoms with E-state index in [0.717, 1.165) is 23.2 Å². The lowest BCUT2D eigenvalue weighted by Crippen LogP contribution is -2.20. The number of hydrogen-bond donors (Lipinski definition) is 2. The van der Waals surface area contributed by atoms with Crippen molar-refractivity contribution in [1.29, 1.82) is 0 Å². The predicted molar refractivity (Wildman–Crippen MR) is 76.2 cm³/mol. The van der Waals surface area contributed by atoms with Gasteiger partial charge < -0.3 is 10.4 Å². The number of hydrogen-bond acceptors (Lipinski definition) is 4. The topological polar surface area (TPSA) is 97.1 Å². The summed E-state index contributed by atoms with van der Waals surface area (Å²) >= 11 is 0. The maximum absolute atomic E-state index is 12.0. The van der Waals surface area contributed by atoms with Crippen LogP contribution in [-0.4, -0.2) is 32.0 Å². The van der Waals surface area contributed by atoms with E-state index >= 15 is 0 Å². The monoisotopic (exact) mass is 288 g/mol. The van der Waals surface area contributed by atoms with Crippen LogP contribution in [0.15, 0.2) is 24.4 Å². The van der Waals surface area contributed by atoms with Crippen LogP contribution in [0.4, 0.5) is 5.69 Å². The van der Waals surface area contributed by atoms with Crippen molar-refractivity contribution in [3.05, 3.63) is 41.2 Å². The van der Waals surface area contributed by atoms with Crippen molar-refractivity contribution in [2.45, 2.75) is 26.8 Å². The van der Waals surface area contributed by atoms with Gasteiger partial charge in [0.25, 0.3) is 0 Å². The smallest absolute Gasteiger partial charge is 0.358 e. The van der Waals surface area contributed by atoms with Crippen LogP contribution in [-0.2, 0) is 17.8 Å². The van der Waals surface area contributed by atoms with Crippen LogP contribution in [0.1, 0.15) is 28.5 Å². The van der Waals surface area contributed by atoms with E-state index in [-0.39, 0.29) is 18.1 Å². The summed E-state index contributed by atoms with van der Waals surface area (Å²) in [6, 6.07) is 5.83. The van der Waals surface area contributed by atoms with E-state index in [1.54, 1.807) is 0 Å². The summed E-state index contributed by atoms with van der Waals surface area (Å²) in [5.74, 6) is -1.45. The number of para-hydroxylation sites is 1. The van der Waals surface area contributed by atoms with Crippen molar-refractivity contribution in [2.24, 2.45) is 0 Å². The maximum Gasteiger partial charge on any atom is 0.358 e. The summed E-state index contributed by atoms with van der Waals surface area (Å²) in [4.78, 5) is 22.7. The molecule has 1 amide bonds. The minimum absolute atomic E-state index is 0.0855. The number of anilines is 1. The second kappa shape index (κ2) is 6.17. The van der Waals surface area contributed by atoms with E-state index in [1.165, 1.54) is 10.9 Å². The van der Waals surface area contributed by atoms with Crippen LogP contribution in [0, 0.1) is 6.92 Å². The summed E-state index contributed by atoms with van der Waals surface area (Å²) < 4.78 is 1.20. The van der Waals surface area contributed by atoms with E-state index < -0.39 is 5.97 Å². The maximum atomic E-state index is 12.0. The summed E-state index contributed by atoms with van der Waals surface area (Å²) in [7, 11) is 0. The van der Waals surface area contributed by atoms with E-state index in [0.29, 0.717) is 0 Å². The predicted octanol–water partition coefficient (Wildman–Crippen LogP) is 1.49. The fourth-order valence-corrected chi connectivity index (χ4v) is 2.00. The molecule has 0 bridgehead atoms. The number of aromatic carboxylic acids is 1. The zero-order valence-electron chi connectivity index (χ0n) is 11.8. The highest BCUT2D eigenvalue weighted by Crippen LogP contribution is 2.20. The lowest BCUT2D eigenvalue weighted by molar-refractivity contribution is -0.116. The first-order valence-electron chi connectivity index (χ1n) is 6.53. The van der Waals surface area contributed by atoms with Gasteiger partial charge in [-0.25, -0.2) is 9.48 Å². The molecule has 0 aliphatic carbocycles. The molecular formula is C14H16N4O3. The largest absolute Gasteiger partial charge is 0.476 e. The number of amides is 1. The first kappa shape index (κ1) is 14.7. The number of nitrogens with zero attached hydrogens (tertiary/aromatic N) is 3. The zero-order valence-corrected chi connectivity index (χ0v) is 11.8. The average molecular weight is 288 g/mol. The number of carboxylic acids is 1. The molecule has 0 aliphatic heterocycles. The molecule has 2 N–H and O–H groups in total. The fraction of sp³-hybridized carbons (Fsp3) is 0.286. The van der Waals surface area contributed by atoms with Crippen molar-refractivity contribution in [2.75, 3.05) is 5.32 Å². The van der Waals surface area contributed by atoms with Crippen molar-refractivity contribution in [1.82, 2.24) is 15.0 Å². The summed E-state index contributed by atoms with van der Waals surface area (Å²) in [5.41, 5.74) is 2.64. The lowest BCUT2D eigenvalue weighted by atomic mass is 10.1. The van der Waals surface area contributed by atoms with Gasteiger partial charge in [-0.2, -0.15) is 0 Å². The number of aryl methyl sites for hydroxylation is 2. The molecule has 21 heavy (non-hydrogen) atoms. The van der Waals surface area contributed by atoms with Gasteiger partial charge in [0, 0.05) is 5.69 Å². The van der Waals surface area contributed by atoms with Gasteiger partial charge in [-0.15, -0.1) is 5.10 Å². The number of carbonyl (C=O) groups is 2. The van der Waals surface area contributed by atoms with Crippen LogP contribution in [0.5, 0.6) is 0 Å². The van der Waals surface area contributed by atoms with Gasteiger partial charge >= 0.3 is 5.97 Å². The second-order valence-electron chi connectivity index (χ2n) is 4.62. The van der Waals surface area contributed by atoms with Crippen LogP contribution in [0.2, 0.25) is 0 Å². The van der Waals surface area contributed by atoms with Crippen LogP contribution < -0.4 is 5.32 Å². The number of rotatable bonds is 5. The molecule has 2 aromatic rings. The van der Waals surface area contributed by atoms with E-state index in [1.807, 2.05) is 32.0 Å². The van der Waals surface area contributed by atoms with Crippen molar-refractivity contribution < 1.29 is 14.7 Å². The van der Waals surface area contributed by atoms with Crippen LogP contribution in [0.3, 0.4) is 0 Å². The highest BCUT2D eigenvalue weighted by molar-refractivity contribution is 5.92. The summed E-state index contributed by atoms with van der Waals surface area (Å²) in [6.07, 6.45) is 2.03. The van der Waals surface area contributed by atoms with Gasteiger partial charge in [-0.05, 0) is 24.5 Å². The molecule has 0 spiro atoms. The second-order valence-corrected chi connectivity index (χ2v) is 4.62. The van der Waals surface area contributed by atoms with Gasteiger partial charge in [0.2, 0.25) is 5.91 Å². The lowest BCUT2D eigenvalue weighted by Gasteiger charge is -2.12. The van der Waals surface area contributed by atoms with Gasteiger partial charge in [0.05, 0.1) is 6.20 Å². The summed E-state index contributed by atoms with van der Waals surface area (Å²) in [6.45, 7) is 3.85. The molecule has 0 radical (unpaired) electrons. The molecule has 1 aromatic carbocycles. The number of nitrogens with one attached hydrogen (secondary N) is 1. The zero-order chi connectivity index (χ0) is 15.4. The third-order valence-corrected chi connectivity index (χ3v) is 3.07. The quantitative estimate of drug-likeness (QED) is 0.868.